The highest BCUT2D eigenvalue weighted by molar-refractivity contribution is 14.1. The average Bonchev–Trinajstić information content (AvgIpc) is 2.13. The summed E-state index contributed by atoms with van der Waals surface area (Å²) in [5.41, 5.74) is 2.10. The monoisotopic (exact) mass is 308 g/mol. The summed E-state index contributed by atoms with van der Waals surface area (Å²) < 4.78 is 0.714. The van der Waals surface area contributed by atoms with E-state index in [1.807, 2.05) is 13.8 Å². The second-order valence-electron chi connectivity index (χ2n) is 3.50. The molecule has 0 saturated heterocycles. The van der Waals surface area contributed by atoms with Gasteiger partial charge in [-0.25, -0.2) is 0 Å². The minimum absolute atomic E-state index is 0.714. The third kappa shape index (κ3) is 5.62. The van der Waals surface area contributed by atoms with Crippen LogP contribution in [0.3, 0.4) is 0 Å². The number of aliphatic imine (C=N–C) groups is 1. The molecule has 0 bridgehead atoms. The maximum absolute atomic E-state index is 4.35. The Morgan fingerprint density at radius 1 is 1.57 bits per heavy atom. The fraction of sp³-hybridized carbons (Fsp3) is 0.727. The minimum atomic E-state index is 0.714. The molecule has 0 aromatic heterocycles. The van der Waals surface area contributed by atoms with Crippen LogP contribution in [0.25, 0.3) is 0 Å². The summed E-state index contributed by atoms with van der Waals surface area (Å²) in [6.07, 6.45) is 1.19. The van der Waals surface area contributed by atoms with Gasteiger partial charge in [0, 0.05) is 24.1 Å². The van der Waals surface area contributed by atoms with E-state index in [1.165, 1.54) is 6.42 Å². The Kier molecular flexibility index (Phi) is 7.23. The molecule has 0 aliphatic rings. The molecular weight excluding hydrogens is 287 g/mol. The van der Waals surface area contributed by atoms with Gasteiger partial charge in [0.25, 0.3) is 0 Å². The summed E-state index contributed by atoms with van der Waals surface area (Å²) in [7, 11) is 2.08. The Bertz CT molecular complexity index is 209. The number of hydrogen-bond donors (Lipinski definition) is 0. The van der Waals surface area contributed by atoms with E-state index in [0.29, 0.717) is 3.92 Å². The molecule has 0 aromatic rings. The van der Waals surface area contributed by atoms with Crippen LogP contribution >= 0.6 is 22.6 Å². The first kappa shape index (κ1) is 13.9. The van der Waals surface area contributed by atoms with Gasteiger partial charge in [0.1, 0.15) is 0 Å². The number of halogens is 1. The number of nitrogens with zero attached hydrogens (tertiary/aromatic N) is 2. The molecule has 0 fully saturated rings. The SMILES string of the molecule is C=C(C(C)=NCC)N(C)CCC(C)I. The maximum atomic E-state index is 4.35. The lowest BCUT2D eigenvalue weighted by molar-refractivity contribution is 0.430. The average molecular weight is 308 g/mol. The van der Waals surface area contributed by atoms with Crippen molar-refractivity contribution in [2.24, 2.45) is 4.99 Å². The fourth-order valence-corrected chi connectivity index (χ4v) is 1.39. The van der Waals surface area contributed by atoms with Gasteiger partial charge in [0.15, 0.2) is 0 Å². The molecule has 0 aromatic carbocycles. The molecule has 0 saturated carbocycles. The molecule has 0 spiro atoms. The number of alkyl halides is 1. The molecule has 14 heavy (non-hydrogen) atoms. The van der Waals surface area contributed by atoms with Crippen molar-refractivity contribution in [2.45, 2.75) is 31.1 Å². The topological polar surface area (TPSA) is 15.6 Å². The number of hydrogen-bond acceptors (Lipinski definition) is 2. The first-order valence-electron chi connectivity index (χ1n) is 5.04. The molecule has 1 unspecified atom stereocenters. The minimum Gasteiger partial charge on any atom is -0.374 e. The van der Waals surface area contributed by atoms with Crippen LogP contribution in [-0.2, 0) is 0 Å². The second kappa shape index (κ2) is 7.26. The Labute approximate surface area is 102 Å². The lowest BCUT2D eigenvalue weighted by atomic mass is 10.2. The van der Waals surface area contributed by atoms with Gasteiger partial charge in [-0.05, 0) is 20.3 Å². The van der Waals surface area contributed by atoms with Crippen molar-refractivity contribution >= 4 is 28.3 Å². The molecule has 0 radical (unpaired) electrons. The molecule has 0 rings (SSSR count). The van der Waals surface area contributed by atoms with Crippen LogP contribution in [0.4, 0.5) is 0 Å². The van der Waals surface area contributed by atoms with E-state index in [9.17, 15) is 0 Å². The van der Waals surface area contributed by atoms with Crippen molar-refractivity contribution in [3.05, 3.63) is 12.3 Å². The van der Waals surface area contributed by atoms with Crippen LogP contribution in [-0.4, -0.2) is 34.7 Å². The van der Waals surface area contributed by atoms with Gasteiger partial charge in [-0.1, -0.05) is 36.1 Å². The third-order valence-electron chi connectivity index (χ3n) is 2.14. The second-order valence-corrected chi connectivity index (χ2v) is 5.62. The van der Waals surface area contributed by atoms with Crippen LogP contribution in [0.15, 0.2) is 17.3 Å². The van der Waals surface area contributed by atoms with Gasteiger partial charge in [-0.2, -0.15) is 0 Å². The fourth-order valence-electron chi connectivity index (χ4n) is 1.11. The van der Waals surface area contributed by atoms with Gasteiger partial charge >= 0.3 is 0 Å². The Morgan fingerprint density at radius 2 is 2.14 bits per heavy atom. The molecule has 0 N–H and O–H groups in total. The lowest BCUT2D eigenvalue weighted by Gasteiger charge is -2.22. The first-order chi connectivity index (χ1) is 6.49. The molecule has 82 valence electrons. The lowest BCUT2D eigenvalue weighted by Crippen LogP contribution is -2.24. The molecule has 0 aliphatic heterocycles. The van der Waals surface area contributed by atoms with E-state index in [2.05, 4.69) is 53.0 Å². The van der Waals surface area contributed by atoms with Gasteiger partial charge in [-0.3, -0.25) is 4.99 Å². The Hall–Kier alpha value is -0.0600. The van der Waals surface area contributed by atoms with E-state index in [0.717, 1.165) is 24.5 Å². The Balaban J connectivity index is 4.05. The molecule has 0 heterocycles. The van der Waals surface area contributed by atoms with E-state index in [1.54, 1.807) is 0 Å². The summed E-state index contributed by atoms with van der Waals surface area (Å²) in [6, 6.07) is 0. The van der Waals surface area contributed by atoms with E-state index in [-0.39, 0.29) is 0 Å². The summed E-state index contributed by atoms with van der Waals surface area (Å²) in [5, 5.41) is 0. The highest BCUT2D eigenvalue weighted by Gasteiger charge is 2.05. The van der Waals surface area contributed by atoms with Crippen molar-refractivity contribution in [1.82, 2.24) is 4.90 Å². The smallest absolute Gasteiger partial charge is 0.0544 e. The van der Waals surface area contributed by atoms with Gasteiger partial charge in [0.2, 0.25) is 0 Å². The Morgan fingerprint density at radius 3 is 2.57 bits per heavy atom. The van der Waals surface area contributed by atoms with Crippen LogP contribution in [0, 0.1) is 0 Å². The number of rotatable bonds is 6. The summed E-state index contributed by atoms with van der Waals surface area (Å²) in [5.74, 6) is 0. The first-order valence-corrected chi connectivity index (χ1v) is 6.29. The predicted molar refractivity (Wildman–Crippen MR) is 73.5 cm³/mol. The predicted octanol–water partition coefficient (Wildman–Crippen LogP) is 3.13. The van der Waals surface area contributed by atoms with E-state index >= 15 is 0 Å². The molecule has 0 amide bonds. The van der Waals surface area contributed by atoms with Gasteiger partial charge in [-0.15, -0.1) is 0 Å². The van der Waals surface area contributed by atoms with Crippen molar-refractivity contribution < 1.29 is 0 Å². The molecule has 1 atom stereocenters. The van der Waals surface area contributed by atoms with Crippen LogP contribution in [0.1, 0.15) is 27.2 Å². The summed E-state index contributed by atoms with van der Waals surface area (Å²) in [4.78, 5) is 6.53. The van der Waals surface area contributed by atoms with Crippen LogP contribution in [0.2, 0.25) is 0 Å². The summed E-state index contributed by atoms with van der Waals surface area (Å²) >= 11 is 2.45. The van der Waals surface area contributed by atoms with E-state index in [4.69, 9.17) is 0 Å². The van der Waals surface area contributed by atoms with Crippen LogP contribution in [0.5, 0.6) is 0 Å². The zero-order chi connectivity index (χ0) is 11.1. The normalized spacial score (nSPS) is 13.9. The quantitative estimate of drug-likeness (QED) is 0.418. The van der Waals surface area contributed by atoms with Crippen LogP contribution < -0.4 is 0 Å². The zero-order valence-corrected chi connectivity index (χ0v) is 11.8. The number of allylic oxidation sites excluding steroid dienone is 1. The maximum Gasteiger partial charge on any atom is 0.0544 e. The zero-order valence-electron chi connectivity index (χ0n) is 9.68. The van der Waals surface area contributed by atoms with Gasteiger partial charge in [0.05, 0.1) is 11.4 Å². The molecule has 3 heteroatoms. The largest absolute Gasteiger partial charge is 0.374 e. The van der Waals surface area contributed by atoms with E-state index < -0.39 is 0 Å². The standard InChI is InChI=1S/C11H21IN2/c1-6-13-10(3)11(4)14(5)8-7-9(2)12/h9H,4,6-8H2,1-3,5H3. The molecular formula is C11H21IN2. The van der Waals surface area contributed by atoms with Crippen molar-refractivity contribution in [3.63, 3.8) is 0 Å². The van der Waals surface area contributed by atoms with Crippen molar-refractivity contribution in [2.75, 3.05) is 20.1 Å². The highest BCUT2D eigenvalue weighted by atomic mass is 127. The third-order valence-corrected chi connectivity index (χ3v) is 2.76. The molecule has 0 aliphatic carbocycles. The highest BCUT2D eigenvalue weighted by Crippen LogP contribution is 2.08. The summed E-state index contributed by atoms with van der Waals surface area (Å²) in [6.45, 7) is 12.2. The molecule has 2 nitrogen and oxygen atoms in total. The van der Waals surface area contributed by atoms with Crippen molar-refractivity contribution in [3.8, 4) is 0 Å². The van der Waals surface area contributed by atoms with Crippen molar-refractivity contribution in [1.29, 1.82) is 0 Å². The van der Waals surface area contributed by atoms with Gasteiger partial charge < -0.3 is 4.90 Å².